The molecule has 2 rings (SSSR count). The van der Waals surface area contributed by atoms with E-state index in [9.17, 15) is 14.4 Å². The average molecular weight is 523 g/mol. The van der Waals surface area contributed by atoms with Crippen molar-refractivity contribution in [3.63, 3.8) is 0 Å². The predicted octanol–water partition coefficient (Wildman–Crippen LogP) is 5.42. The zero-order valence-corrected chi connectivity index (χ0v) is 22.8. The molecule has 0 aliphatic carbocycles. The summed E-state index contributed by atoms with van der Waals surface area (Å²) in [5.74, 6) is -0.281. The molecule has 0 saturated heterocycles. The van der Waals surface area contributed by atoms with Crippen LogP contribution in [0.3, 0.4) is 0 Å². The molecule has 8 nitrogen and oxygen atoms in total. The molecule has 0 fully saturated rings. The molecular weight excluding hydrogens is 484 g/mol. The van der Waals surface area contributed by atoms with Gasteiger partial charge < -0.3 is 24.8 Å². The number of carbonyl (C=O) groups excluding carboxylic acids is 3. The Morgan fingerprint density at radius 3 is 2.37 bits per heavy atom. The molecule has 2 amide bonds. The Labute approximate surface area is 225 Å². The van der Waals surface area contributed by atoms with E-state index in [1.807, 2.05) is 49.4 Å². The Hall–Kier alpha value is -4.07. The molecule has 0 saturated carbocycles. The van der Waals surface area contributed by atoms with E-state index in [1.165, 1.54) is 13.2 Å². The fourth-order valence-corrected chi connectivity index (χ4v) is 3.81. The second-order valence-electron chi connectivity index (χ2n) is 9.74. The molecule has 0 aliphatic heterocycles. The van der Waals surface area contributed by atoms with E-state index in [4.69, 9.17) is 14.2 Å². The molecule has 38 heavy (non-hydrogen) atoms. The highest BCUT2D eigenvalue weighted by Gasteiger charge is 2.27. The summed E-state index contributed by atoms with van der Waals surface area (Å²) in [6.45, 7) is 14.9. The number of amides is 2. The van der Waals surface area contributed by atoms with Crippen LogP contribution in [0.25, 0.3) is 11.1 Å². The van der Waals surface area contributed by atoms with E-state index in [0.717, 1.165) is 16.7 Å². The van der Waals surface area contributed by atoms with Gasteiger partial charge in [-0.3, -0.25) is 9.59 Å². The van der Waals surface area contributed by atoms with Crippen molar-refractivity contribution in [2.75, 3.05) is 13.7 Å². The summed E-state index contributed by atoms with van der Waals surface area (Å²) in [6, 6.07) is 11.6. The molecule has 0 aromatic heterocycles. The van der Waals surface area contributed by atoms with Crippen molar-refractivity contribution in [3.8, 4) is 16.9 Å². The van der Waals surface area contributed by atoms with Crippen molar-refractivity contribution >= 4 is 18.0 Å². The topological polar surface area (TPSA) is 103 Å². The van der Waals surface area contributed by atoms with Crippen LogP contribution in [0.15, 0.2) is 67.8 Å². The van der Waals surface area contributed by atoms with Gasteiger partial charge in [-0.15, -0.1) is 6.58 Å². The molecule has 2 aromatic rings. The van der Waals surface area contributed by atoms with Crippen LogP contribution in [-0.4, -0.2) is 43.3 Å². The number of alkyl carbamates (subject to hydrolysis) is 1. The summed E-state index contributed by atoms with van der Waals surface area (Å²) >= 11 is 0. The van der Waals surface area contributed by atoms with Crippen LogP contribution in [-0.2, 0) is 19.1 Å². The van der Waals surface area contributed by atoms with Gasteiger partial charge in [-0.05, 0) is 62.9 Å². The molecule has 0 heterocycles. The van der Waals surface area contributed by atoms with Gasteiger partial charge in [0.05, 0.1) is 19.6 Å². The lowest BCUT2D eigenvalue weighted by Gasteiger charge is -2.25. The van der Waals surface area contributed by atoms with Gasteiger partial charge in [0.25, 0.3) is 0 Å². The Morgan fingerprint density at radius 1 is 1.03 bits per heavy atom. The first-order chi connectivity index (χ1) is 18.0. The fraction of sp³-hybridized carbons (Fsp3) is 0.367. The Morgan fingerprint density at radius 2 is 1.74 bits per heavy atom. The van der Waals surface area contributed by atoms with Gasteiger partial charge in [0.2, 0.25) is 5.91 Å². The number of esters is 1. The first kappa shape index (κ1) is 30.2. The molecular formula is C30H38N2O6. The highest BCUT2D eigenvalue weighted by atomic mass is 16.6. The van der Waals surface area contributed by atoms with Crippen molar-refractivity contribution in [3.05, 3.63) is 78.9 Å². The maximum Gasteiger partial charge on any atom is 0.408 e. The molecule has 2 atom stereocenters. The minimum absolute atomic E-state index is 0.105. The molecule has 0 radical (unpaired) electrons. The van der Waals surface area contributed by atoms with E-state index < -0.39 is 35.7 Å². The second-order valence-corrected chi connectivity index (χ2v) is 9.74. The second kappa shape index (κ2) is 14.0. The molecule has 0 bridgehead atoms. The Balaban J connectivity index is 2.40. The van der Waals surface area contributed by atoms with Gasteiger partial charge in [0.1, 0.15) is 24.0 Å². The summed E-state index contributed by atoms with van der Waals surface area (Å²) < 4.78 is 16.1. The summed E-state index contributed by atoms with van der Waals surface area (Å²) in [7, 11) is 1.29. The number of hydrogen-bond donors (Lipinski definition) is 2. The van der Waals surface area contributed by atoms with Crippen LogP contribution in [0.1, 0.15) is 50.8 Å². The van der Waals surface area contributed by atoms with Crippen molar-refractivity contribution in [1.82, 2.24) is 10.6 Å². The van der Waals surface area contributed by atoms with Crippen molar-refractivity contribution in [2.45, 2.75) is 58.2 Å². The third-order valence-electron chi connectivity index (χ3n) is 5.49. The standard InChI is InChI=1S/C30H38N2O6/c1-8-12-23(32-29(35)38-30(4,5)6)28(34)31-24(19-26(33)36-7)21-14-11-15-22(18-21)27-20(3)13-10-16-25(27)37-17-9-2/h8-11,13-16,18,23-24H,1-2,12,17,19H2,3-7H3,(H,31,34)(H,32,35)/t23-,24-/m0/s1. The highest BCUT2D eigenvalue weighted by molar-refractivity contribution is 5.87. The lowest BCUT2D eigenvalue weighted by Crippen LogP contribution is -2.49. The predicted molar refractivity (Wildman–Crippen MR) is 148 cm³/mol. The molecule has 2 N–H and O–H groups in total. The number of aryl methyl sites for hydroxylation is 1. The van der Waals surface area contributed by atoms with E-state index in [-0.39, 0.29) is 12.8 Å². The van der Waals surface area contributed by atoms with Gasteiger partial charge in [-0.25, -0.2) is 4.79 Å². The molecule has 0 aliphatic rings. The lowest BCUT2D eigenvalue weighted by molar-refractivity contribution is -0.141. The summed E-state index contributed by atoms with van der Waals surface area (Å²) in [6.07, 6.45) is 2.55. The number of methoxy groups -OCH3 is 1. The van der Waals surface area contributed by atoms with Gasteiger partial charge in [-0.1, -0.05) is 49.1 Å². The highest BCUT2D eigenvalue weighted by Crippen LogP contribution is 2.35. The fourth-order valence-electron chi connectivity index (χ4n) is 3.81. The molecule has 0 unspecified atom stereocenters. The largest absolute Gasteiger partial charge is 0.489 e. The summed E-state index contributed by atoms with van der Waals surface area (Å²) in [5, 5.41) is 5.48. The molecule has 8 heteroatoms. The van der Waals surface area contributed by atoms with Crippen LogP contribution in [0, 0.1) is 6.92 Å². The van der Waals surface area contributed by atoms with Crippen LogP contribution in [0.4, 0.5) is 4.79 Å². The van der Waals surface area contributed by atoms with Crippen LogP contribution in [0.2, 0.25) is 0 Å². The van der Waals surface area contributed by atoms with E-state index in [2.05, 4.69) is 23.8 Å². The van der Waals surface area contributed by atoms with Crippen LogP contribution >= 0.6 is 0 Å². The summed E-state index contributed by atoms with van der Waals surface area (Å²) in [5.41, 5.74) is 2.73. The maximum absolute atomic E-state index is 13.3. The Bertz CT molecular complexity index is 1150. The minimum atomic E-state index is -0.944. The van der Waals surface area contributed by atoms with Gasteiger partial charge in [0, 0.05) is 5.56 Å². The zero-order chi connectivity index (χ0) is 28.3. The normalized spacial score (nSPS) is 12.4. The number of nitrogens with one attached hydrogen (secondary N) is 2. The van der Waals surface area contributed by atoms with Crippen molar-refractivity contribution in [2.24, 2.45) is 0 Å². The SMILES string of the molecule is C=CCOc1cccc(C)c1-c1cccc([C@H](CC(=O)OC)NC(=O)[C@H](CC=C)NC(=O)OC(C)(C)C)c1. The van der Waals surface area contributed by atoms with Crippen molar-refractivity contribution in [1.29, 1.82) is 0 Å². The van der Waals surface area contributed by atoms with Crippen molar-refractivity contribution < 1.29 is 28.6 Å². The maximum atomic E-state index is 13.3. The smallest absolute Gasteiger partial charge is 0.408 e. The number of carbonyl (C=O) groups is 3. The third-order valence-corrected chi connectivity index (χ3v) is 5.49. The lowest BCUT2D eigenvalue weighted by atomic mass is 9.94. The zero-order valence-electron chi connectivity index (χ0n) is 22.8. The average Bonchev–Trinajstić information content (AvgIpc) is 2.85. The van der Waals surface area contributed by atoms with E-state index in [1.54, 1.807) is 26.8 Å². The van der Waals surface area contributed by atoms with E-state index in [0.29, 0.717) is 17.9 Å². The first-order valence-electron chi connectivity index (χ1n) is 12.4. The summed E-state index contributed by atoms with van der Waals surface area (Å²) in [4.78, 5) is 37.9. The quantitative estimate of drug-likeness (QED) is 0.285. The first-order valence-corrected chi connectivity index (χ1v) is 12.4. The molecule has 2 aromatic carbocycles. The number of hydrogen-bond acceptors (Lipinski definition) is 6. The van der Waals surface area contributed by atoms with Gasteiger partial charge >= 0.3 is 12.1 Å². The van der Waals surface area contributed by atoms with E-state index >= 15 is 0 Å². The van der Waals surface area contributed by atoms with Gasteiger partial charge in [0.15, 0.2) is 0 Å². The van der Waals surface area contributed by atoms with Gasteiger partial charge in [-0.2, -0.15) is 0 Å². The minimum Gasteiger partial charge on any atom is -0.489 e. The Kier molecular flexibility index (Phi) is 11.1. The van der Waals surface area contributed by atoms with Crippen LogP contribution in [0.5, 0.6) is 5.75 Å². The monoisotopic (exact) mass is 522 g/mol. The third kappa shape index (κ3) is 9.10. The number of ether oxygens (including phenoxy) is 3. The molecule has 204 valence electrons. The molecule has 0 spiro atoms. The van der Waals surface area contributed by atoms with Crippen LogP contribution < -0.4 is 15.4 Å². The number of rotatable bonds is 12. The number of benzene rings is 2.